The molecule has 6 aliphatic rings. The van der Waals surface area contributed by atoms with Crippen molar-refractivity contribution in [3.05, 3.63) is 138 Å². The van der Waals surface area contributed by atoms with E-state index in [2.05, 4.69) is 119 Å². The molecule has 0 spiro atoms. The molecule has 21 heteroatoms. The van der Waals surface area contributed by atoms with E-state index in [-0.39, 0.29) is 35.4 Å². The van der Waals surface area contributed by atoms with Crippen LogP contribution in [0.4, 0.5) is 34.1 Å². The molecule has 6 aromatic rings. The molecule has 0 saturated carbocycles. The fourth-order valence-corrected chi connectivity index (χ4v) is 15.2. The lowest BCUT2D eigenvalue weighted by Gasteiger charge is -2.39. The van der Waals surface area contributed by atoms with E-state index in [4.69, 9.17) is 56.9 Å². The second kappa shape index (κ2) is 41.1. The highest BCUT2D eigenvalue weighted by atomic mass is 35.5. The quantitative estimate of drug-likeness (QED) is 0.0582. The van der Waals surface area contributed by atoms with Crippen LogP contribution < -0.4 is 57.8 Å². The zero-order valence-electron chi connectivity index (χ0n) is 76.8. The fraction of sp³-hybridized carbons (Fsp3) is 0.561. The maximum atomic E-state index is 12.6. The molecule has 119 heavy (non-hydrogen) atoms. The van der Waals surface area contributed by atoms with Gasteiger partial charge < -0.3 is 57.8 Å². The number of aryl methyl sites for hydroxylation is 9. The first-order valence-electron chi connectivity index (χ1n) is 43.4. The summed E-state index contributed by atoms with van der Waals surface area (Å²) in [6.45, 7) is 57.5. The van der Waals surface area contributed by atoms with Crippen LogP contribution in [0.1, 0.15) is 284 Å². The lowest BCUT2D eigenvalue weighted by Crippen LogP contribution is -2.52. The van der Waals surface area contributed by atoms with Gasteiger partial charge in [0.25, 0.3) is 35.4 Å². The van der Waals surface area contributed by atoms with E-state index in [1.165, 1.54) is 33.4 Å². The van der Waals surface area contributed by atoms with Crippen LogP contribution in [0, 0.1) is 59.8 Å². The van der Waals surface area contributed by atoms with Crippen molar-refractivity contribution >= 4 is 92.8 Å². The molecule has 0 saturated heterocycles. The van der Waals surface area contributed by atoms with Crippen LogP contribution in [0.3, 0.4) is 0 Å². The van der Waals surface area contributed by atoms with Crippen LogP contribution in [-0.2, 0) is 41.6 Å². The van der Waals surface area contributed by atoms with Gasteiger partial charge in [-0.25, -0.2) is 0 Å². The average Bonchev–Trinajstić information content (AvgIpc) is 0.824. The Hall–Kier alpha value is -8.99. The Balaban J connectivity index is 0.000000197. The molecule has 12 rings (SSSR count). The summed E-state index contributed by atoms with van der Waals surface area (Å²) in [6.07, 6.45) is 16.6. The molecule has 6 amide bonds. The lowest BCUT2D eigenvalue weighted by atomic mass is 9.98. The monoisotopic (exact) mass is 1670 g/mol. The summed E-state index contributed by atoms with van der Waals surface area (Å²) in [5.74, 6) is 4.69. The highest BCUT2D eigenvalue weighted by Crippen LogP contribution is 2.47. The molecule has 6 aliphatic heterocycles. The van der Waals surface area contributed by atoms with Crippen molar-refractivity contribution in [2.75, 3.05) is 68.7 Å². The van der Waals surface area contributed by atoms with E-state index in [1.807, 2.05) is 117 Å². The van der Waals surface area contributed by atoms with Crippen LogP contribution in [-0.4, -0.2) is 108 Å². The summed E-state index contributed by atoms with van der Waals surface area (Å²) in [6, 6.07) is 25.8. The van der Waals surface area contributed by atoms with E-state index >= 15 is 0 Å². The Bertz CT molecular complexity index is 4590. The summed E-state index contributed by atoms with van der Waals surface area (Å²) in [7, 11) is 0. The Morgan fingerprint density at radius 1 is 0.286 bits per heavy atom. The van der Waals surface area contributed by atoms with Crippen molar-refractivity contribution in [1.82, 2.24) is 0 Å². The molecule has 19 nitrogen and oxygen atoms in total. The minimum Gasteiger partial charge on any atom is -0.476 e. The molecule has 0 aromatic heterocycles. The fourth-order valence-electron chi connectivity index (χ4n) is 14.9. The van der Waals surface area contributed by atoms with Crippen LogP contribution in [0.25, 0.3) is 0 Å². The standard InChI is InChI=1S/C18H27NO2.C17H25NO2.C16H22ClNO2.C16H20N2O2.C16H23NO2.C15H20ClNO2/c1-6-8-10-19-15-11-13(3)14(9-7-2)12-16(15)21-18(4,5)17(19)20;1-6-8-9-18-14-10-12(3)13(7-2)11-15(14)20-17(4,5)16(18)19;1-5-6-7-8-18-13-9-11(2)12(17)10-14(13)20-16(3,4)15(18)19;1-5-6-7-18-13-8-11(2)12(10-17)9-14(13)20-16(3,4)15(18)19;1-6-7-8-17-13-9-11(2)12(3)10-14(13)19-16(4,5)15(17)18;1-5-6-7-17-12-8-10(2)11(16)9-13(12)19-15(3,4)14(17)18/h11-12H,6-10H2,1-5H3;10-11H,6-9H2,1-5H3;9-10H,5-8H2,1-4H3;8-9H,5-7H2,1-4H3;9-10H,6-8H2,1-5H3;8-9H,5-7H2,1-4H3. The van der Waals surface area contributed by atoms with Crippen LogP contribution >= 0.6 is 23.2 Å². The minimum absolute atomic E-state index is 0.00942. The van der Waals surface area contributed by atoms with Crippen molar-refractivity contribution in [2.45, 2.75) is 323 Å². The molecule has 650 valence electrons. The van der Waals surface area contributed by atoms with Gasteiger partial charge in [0.05, 0.1) is 45.8 Å². The molecule has 0 aliphatic carbocycles. The van der Waals surface area contributed by atoms with Gasteiger partial charge in [0.15, 0.2) is 33.6 Å². The zero-order chi connectivity index (χ0) is 88.8. The summed E-state index contributed by atoms with van der Waals surface area (Å²) in [5.41, 5.74) is 11.2. The second-order valence-corrected chi connectivity index (χ2v) is 36.1. The lowest BCUT2D eigenvalue weighted by molar-refractivity contribution is -0.133. The molecule has 0 fully saturated rings. The van der Waals surface area contributed by atoms with E-state index in [9.17, 15) is 28.8 Å². The van der Waals surface area contributed by atoms with E-state index < -0.39 is 33.6 Å². The normalized spacial score (nSPS) is 16.8. The second-order valence-electron chi connectivity index (χ2n) is 35.3. The average molecular weight is 1680 g/mol. The van der Waals surface area contributed by atoms with E-state index in [1.54, 1.807) is 58.6 Å². The van der Waals surface area contributed by atoms with Crippen molar-refractivity contribution in [3.63, 3.8) is 0 Å². The summed E-state index contributed by atoms with van der Waals surface area (Å²) < 4.78 is 35.3. The van der Waals surface area contributed by atoms with Gasteiger partial charge in [-0.05, 0) is 288 Å². The van der Waals surface area contributed by atoms with Gasteiger partial charge in [-0.3, -0.25) is 28.8 Å². The Morgan fingerprint density at radius 2 is 0.521 bits per heavy atom. The Labute approximate surface area is 722 Å². The SMILES string of the molecule is CCCCCN1C(=O)C(C)(C)Oc2cc(Cl)c(C)cc21.CCCCN1C(=O)C(C)(C)Oc2cc(C#N)c(C)cc21.CCCCN1C(=O)C(C)(C)Oc2cc(C)c(C)cc21.CCCCN1C(=O)C(C)(C)Oc2cc(CC)c(C)cc21.CCCCN1C(=O)C(C)(C)Oc2cc(CCC)c(C)cc21.CCCCN1C(=O)C(C)(C)Oc2cc(Cl)c(C)cc21. The molecule has 0 atom stereocenters. The van der Waals surface area contributed by atoms with Gasteiger partial charge in [0, 0.05) is 67.5 Å². The first-order valence-corrected chi connectivity index (χ1v) is 44.2. The van der Waals surface area contributed by atoms with Crippen molar-refractivity contribution in [2.24, 2.45) is 0 Å². The van der Waals surface area contributed by atoms with Gasteiger partial charge in [-0.1, -0.05) is 130 Å². The number of hydrogen-bond acceptors (Lipinski definition) is 13. The van der Waals surface area contributed by atoms with Crippen molar-refractivity contribution < 1.29 is 57.2 Å². The summed E-state index contributed by atoms with van der Waals surface area (Å²) in [4.78, 5) is 86.4. The zero-order valence-corrected chi connectivity index (χ0v) is 78.3. The Kier molecular flexibility index (Phi) is 33.5. The highest BCUT2D eigenvalue weighted by molar-refractivity contribution is 6.32. The number of nitrogens with zero attached hydrogens (tertiary/aromatic N) is 7. The predicted octanol–water partition coefficient (Wildman–Crippen LogP) is 23.2. The number of carbonyl (C=O) groups is 6. The third kappa shape index (κ3) is 23.0. The third-order valence-electron chi connectivity index (χ3n) is 22.4. The van der Waals surface area contributed by atoms with Crippen molar-refractivity contribution in [3.8, 4) is 40.6 Å². The molecule has 6 aromatic carbocycles. The summed E-state index contributed by atoms with van der Waals surface area (Å²) in [5, 5.41) is 10.5. The Morgan fingerprint density at radius 3 is 0.807 bits per heavy atom. The number of fused-ring (bicyclic) bond motifs is 6. The molecular formula is C98H137Cl2N7O12. The molecule has 6 heterocycles. The highest BCUT2D eigenvalue weighted by Gasteiger charge is 2.47. The predicted molar refractivity (Wildman–Crippen MR) is 486 cm³/mol. The number of ether oxygens (including phenoxy) is 6. The number of benzene rings is 6. The van der Waals surface area contributed by atoms with Gasteiger partial charge in [0.1, 0.15) is 34.5 Å². The number of amides is 6. The number of nitriles is 1. The van der Waals surface area contributed by atoms with Crippen molar-refractivity contribution in [1.29, 1.82) is 5.26 Å². The van der Waals surface area contributed by atoms with Crippen LogP contribution in [0.2, 0.25) is 10.0 Å². The number of hydrogen-bond donors (Lipinski definition) is 0. The van der Waals surface area contributed by atoms with Gasteiger partial charge in [0.2, 0.25) is 0 Å². The molecular weight excluding hydrogens is 1540 g/mol. The smallest absolute Gasteiger partial charge is 0.270 e. The largest absolute Gasteiger partial charge is 0.476 e. The topological polar surface area (TPSA) is 201 Å². The third-order valence-corrected chi connectivity index (χ3v) is 23.2. The maximum Gasteiger partial charge on any atom is 0.270 e. The minimum atomic E-state index is -0.886. The first kappa shape index (κ1) is 97.1. The number of halogens is 2. The maximum absolute atomic E-state index is 12.6. The van der Waals surface area contributed by atoms with Crippen LogP contribution in [0.5, 0.6) is 34.5 Å². The van der Waals surface area contributed by atoms with E-state index in [0.29, 0.717) is 39.4 Å². The van der Waals surface area contributed by atoms with Gasteiger partial charge >= 0.3 is 0 Å². The number of anilines is 6. The number of unbranched alkanes of at least 4 members (excludes halogenated alkanes) is 7. The number of rotatable bonds is 22. The summed E-state index contributed by atoms with van der Waals surface area (Å²) >= 11 is 12.3. The first-order chi connectivity index (χ1) is 55.8. The molecule has 0 unspecified atom stereocenters. The molecule has 0 radical (unpaired) electrons. The number of carbonyl (C=O) groups excluding carboxylic acids is 6. The van der Waals surface area contributed by atoms with Crippen LogP contribution in [0.15, 0.2) is 72.8 Å². The molecule has 0 bridgehead atoms. The van der Waals surface area contributed by atoms with Gasteiger partial charge in [-0.15, -0.1) is 0 Å². The molecule has 0 N–H and O–H groups in total. The van der Waals surface area contributed by atoms with Gasteiger partial charge in [-0.2, -0.15) is 5.26 Å². The van der Waals surface area contributed by atoms with E-state index in [0.717, 1.165) is 204 Å².